The van der Waals surface area contributed by atoms with Gasteiger partial charge in [0.15, 0.2) is 11.6 Å². The molecule has 0 spiro atoms. The number of nitrogens with zero attached hydrogens (tertiary/aromatic N) is 1. The number of halogens is 6. The number of hydrogen-bond donors (Lipinski definition) is 0. The highest BCUT2D eigenvalue weighted by Gasteiger charge is 2.37. The zero-order valence-corrected chi connectivity index (χ0v) is 19.6. The number of aromatic nitrogens is 1. The van der Waals surface area contributed by atoms with Crippen LogP contribution in [0.3, 0.4) is 0 Å². The molecular weight excluding hydrogens is 508 g/mol. The average Bonchev–Trinajstić information content (AvgIpc) is 2.91. The lowest BCUT2D eigenvalue weighted by atomic mass is 9.85. The summed E-state index contributed by atoms with van der Waals surface area (Å²) in [5.74, 6) is -2.24. The Bertz CT molecular complexity index is 1440. The van der Waals surface area contributed by atoms with Gasteiger partial charge >= 0.3 is 12.4 Å². The van der Waals surface area contributed by atoms with Gasteiger partial charge in [0, 0.05) is 35.2 Å². The highest BCUT2D eigenvalue weighted by atomic mass is 19.4. The second kappa shape index (κ2) is 10.6. The van der Waals surface area contributed by atoms with Crippen molar-refractivity contribution in [1.29, 1.82) is 0 Å². The van der Waals surface area contributed by atoms with E-state index in [2.05, 4.69) is 4.98 Å². The maximum Gasteiger partial charge on any atom is 0.418 e. The van der Waals surface area contributed by atoms with E-state index < -0.39 is 47.3 Å². The number of ketones is 2. The van der Waals surface area contributed by atoms with Gasteiger partial charge in [-0.3, -0.25) is 14.6 Å². The summed E-state index contributed by atoms with van der Waals surface area (Å²) in [6, 6.07) is 19.6. The molecule has 0 unspecified atom stereocenters. The lowest BCUT2D eigenvalue weighted by Crippen LogP contribution is -2.18. The molecule has 194 valence electrons. The van der Waals surface area contributed by atoms with Gasteiger partial charge < -0.3 is 0 Å². The van der Waals surface area contributed by atoms with Gasteiger partial charge in [0.1, 0.15) is 0 Å². The maximum absolute atomic E-state index is 13.8. The minimum Gasteiger partial charge on any atom is -0.294 e. The van der Waals surface area contributed by atoms with E-state index in [1.165, 1.54) is 24.3 Å². The summed E-state index contributed by atoms with van der Waals surface area (Å²) >= 11 is 0. The van der Waals surface area contributed by atoms with Gasteiger partial charge in [-0.2, -0.15) is 26.3 Å². The molecule has 3 aromatic carbocycles. The summed E-state index contributed by atoms with van der Waals surface area (Å²) in [6.45, 7) is 0. The minimum atomic E-state index is -4.81. The van der Waals surface area contributed by atoms with Gasteiger partial charge in [0.05, 0.1) is 16.8 Å². The molecule has 3 nitrogen and oxygen atoms in total. The summed E-state index contributed by atoms with van der Waals surface area (Å²) in [7, 11) is 0. The van der Waals surface area contributed by atoms with Crippen LogP contribution in [0.4, 0.5) is 26.3 Å². The Morgan fingerprint density at radius 3 is 1.95 bits per heavy atom. The van der Waals surface area contributed by atoms with Crippen molar-refractivity contribution in [3.05, 3.63) is 136 Å². The Balaban J connectivity index is 1.72. The van der Waals surface area contributed by atoms with Crippen molar-refractivity contribution in [2.24, 2.45) is 0 Å². The van der Waals surface area contributed by atoms with E-state index in [0.717, 1.165) is 42.6 Å². The van der Waals surface area contributed by atoms with Gasteiger partial charge in [-0.1, -0.05) is 60.7 Å². The Labute approximate surface area is 213 Å². The van der Waals surface area contributed by atoms with Crippen molar-refractivity contribution in [1.82, 2.24) is 4.98 Å². The van der Waals surface area contributed by atoms with Crippen molar-refractivity contribution >= 4 is 11.6 Å². The molecule has 1 atom stereocenters. The van der Waals surface area contributed by atoms with Crippen LogP contribution in [0.15, 0.2) is 97.2 Å². The Morgan fingerprint density at radius 1 is 0.684 bits per heavy atom. The smallest absolute Gasteiger partial charge is 0.294 e. The minimum absolute atomic E-state index is 0.0621. The van der Waals surface area contributed by atoms with E-state index in [1.807, 2.05) is 0 Å². The lowest BCUT2D eigenvalue weighted by molar-refractivity contribution is -0.139. The number of rotatable bonds is 7. The summed E-state index contributed by atoms with van der Waals surface area (Å²) in [5, 5.41) is 0. The van der Waals surface area contributed by atoms with E-state index in [0.29, 0.717) is 5.56 Å². The van der Waals surface area contributed by atoms with Gasteiger partial charge in [-0.05, 0) is 35.9 Å². The van der Waals surface area contributed by atoms with Crippen molar-refractivity contribution in [3.8, 4) is 0 Å². The Kier molecular flexibility index (Phi) is 7.48. The van der Waals surface area contributed by atoms with Crippen LogP contribution in [-0.4, -0.2) is 16.6 Å². The van der Waals surface area contributed by atoms with Crippen LogP contribution < -0.4 is 0 Å². The van der Waals surface area contributed by atoms with Crippen molar-refractivity contribution in [3.63, 3.8) is 0 Å². The molecule has 38 heavy (non-hydrogen) atoms. The molecule has 0 radical (unpaired) electrons. The zero-order chi connectivity index (χ0) is 27.5. The molecule has 0 N–H and O–H groups in total. The molecule has 0 saturated heterocycles. The second-order valence-corrected chi connectivity index (χ2v) is 8.51. The third kappa shape index (κ3) is 5.99. The van der Waals surface area contributed by atoms with Crippen molar-refractivity contribution in [2.45, 2.75) is 24.7 Å². The monoisotopic (exact) mass is 527 g/mol. The highest BCUT2D eigenvalue weighted by Crippen LogP contribution is 2.39. The summed E-state index contributed by atoms with van der Waals surface area (Å²) in [4.78, 5) is 30.0. The van der Waals surface area contributed by atoms with E-state index >= 15 is 0 Å². The SMILES string of the molecule is O=C(C[C@@H](c1ccc(C(F)(F)F)cc1)c1ncccc1C(F)(F)F)c1cccc(C(=O)c2ccccc2)c1. The Hall–Kier alpha value is -4.27. The molecule has 4 aromatic rings. The average molecular weight is 527 g/mol. The number of carbonyl (C=O) groups is 2. The standard InChI is InChI=1S/C29H19F6NO2/c30-28(31,32)22-13-11-18(12-14-22)23(26-24(29(33,34)35)10-5-15-36-26)17-25(37)20-8-4-9-21(16-20)27(38)19-6-2-1-3-7-19/h1-16,23H,17H2/t23-/m0/s1. The fourth-order valence-corrected chi connectivity index (χ4v) is 4.11. The van der Waals surface area contributed by atoms with E-state index in [9.17, 15) is 35.9 Å². The summed E-state index contributed by atoms with van der Waals surface area (Å²) in [6.07, 6.45) is -8.84. The Morgan fingerprint density at radius 2 is 1.32 bits per heavy atom. The number of carbonyl (C=O) groups excluding carboxylic acids is 2. The molecule has 1 heterocycles. The normalized spacial score (nSPS) is 12.7. The maximum atomic E-state index is 13.8. The predicted octanol–water partition coefficient (Wildman–Crippen LogP) is 7.76. The molecule has 9 heteroatoms. The van der Waals surface area contributed by atoms with Gasteiger partial charge in [-0.15, -0.1) is 0 Å². The lowest BCUT2D eigenvalue weighted by Gasteiger charge is -2.21. The fraction of sp³-hybridized carbons (Fsp3) is 0.138. The second-order valence-electron chi connectivity index (χ2n) is 8.51. The first-order chi connectivity index (χ1) is 17.9. The number of pyridine rings is 1. The van der Waals surface area contributed by atoms with E-state index in [1.54, 1.807) is 30.3 Å². The van der Waals surface area contributed by atoms with Crippen LogP contribution in [0, 0.1) is 0 Å². The van der Waals surface area contributed by atoms with Crippen LogP contribution in [0.25, 0.3) is 0 Å². The van der Waals surface area contributed by atoms with Crippen LogP contribution in [0.1, 0.15) is 61.0 Å². The third-order valence-corrected chi connectivity index (χ3v) is 5.99. The van der Waals surface area contributed by atoms with Crippen LogP contribution in [-0.2, 0) is 12.4 Å². The fourth-order valence-electron chi connectivity index (χ4n) is 4.11. The first-order valence-electron chi connectivity index (χ1n) is 11.4. The van der Waals surface area contributed by atoms with Crippen molar-refractivity contribution in [2.75, 3.05) is 0 Å². The molecule has 0 saturated carbocycles. The molecule has 0 amide bonds. The largest absolute Gasteiger partial charge is 0.418 e. The zero-order valence-electron chi connectivity index (χ0n) is 19.6. The quantitative estimate of drug-likeness (QED) is 0.182. The molecule has 0 bridgehead atoms. The van der Waals surface area contributed by atoms with Crippen molar-refractivity contribution < 1.29 is 35.9 Å². The number of Topliss-reactive ketones (excluding diaryl/α,β-unsaturated/α-hetero) is 1. The summed E-state index contributed by atoms with van der Waals surface area (Å²) in [5.41, 5.74) is -1.81. The van der Waals surface area contributed by atoms with Crippen LogP contribution >= 0.6 is 0 Å². The van der Waals surface area contributed by atoms with Crippen LogP contribution in [0.2, 0.25) is 0 Å². The number of alkyl halides is 6. The number of benzene rings is 3. The third-order valence-electron chi connectivity index (χ3n) is 5.99. The van der Waals surface area contributed by atoms with E-state index in [-0.39, 0.29) is 22.5 Å². The molecule has 4 rings (SSSR count). The molecule has 1 aromatic heterocycles. The molecule has 0 fully saturated rings. The topological polar surface area (TPSA) is 47.0 Å². The molecular formula is C29H19F6NO2. The molecule has 0 aliphatic heterocycles. The van der Waals surface area contributed by atoms with Gasteiger partial charge in [0.2, 0.25) is 0 Å². The van der Waals surface area contributed by atoms with Crippen LogP contribution in [0.5, 0.6) is 0 Å². The summed E-state index contributed by atoms with van der Waals surface area (Å²) < 4.78 is 80.6. The molecule has 0 aliphatic carbocycles. The highest BCUT2D eigenvalue weighted by molar-refractivity contribution is 6.10. The first-order valence-corrected chi connectivity index (χ1v) is 11.4. The predicted molar refractivity (Wildman–Crippen MR) is 128 cm³/mol. The molecule has 0 aliphatic rings. The van der Waals surface area contributed by atoms with Gasteiger partial charge in [-0.25, -0.2) is 0 Å². The van der Waals surface area contributed by atoms with Gasteiger partial charge in [0.25, 0.3) is 0 Å². The first kappa shape index (κ1) is 26.8. The van der Waals surface area contributed by atoms with E-state index in [4.69, 9.17) is 0 Å². The number of hydrogen-bond acceptors (Lipinski definition) is 3.